The van der Waals surface area contributed by atoms with Gasteiger partial charge in [0.1, 0.15) is 5.82 Å². The number of fused-ring (bicyclic) bond motifs is 21. The first kappa shape index (κ1) is 96.3. The van der Waals surface area contributed by atoms with Crippen molar-refractivity contribution in [3.8, 4) is 22.5 Å². The molecule has 7 nitrogen and oxygen atoms in total. The molecule has 0 amide bonds. The Kier molecular flexibility index (Phi) is 29.2. The zero-order valence-corrected chi connectivity index (χ0v) is 87.6. The van der Waals surface area contributed by atoms with Crippen LogP contribution in [-0.4, -0.2) is 47.8 Å². The van der Waals surface area contributed by atoms with E-state index in [2.05, 4.69) is 501 Å². The predicted octanol–water partition coefficient (Wildman–Crippen LogP) is 38.6. The highest BCUT2D eigenvalue weighted by Gasteiger charge is 2.37. The highest BCUT2D eigenvalue weighted by atomic mass is 127. The van der Waals surface area contributed by atoms with Crippen LogP contribution in [0.1, 0.15) is 35.1 Å². The molecule has 17 heteroatoms. The van der Waals surface area contributed by atoms with Crippen molar-refractivity contribution in [2.75, 3.05) is 19.7 Å². The fraction of sp³-hybridized carbons (Fsp3) is 0.0732. The van der Waals surface area contributed by atoms with Gasteiger partial charge in [0.25, 0.3) is 0 Å². The molecular formula is C123H96BBr2FI2N5O2S4. The summed E-state index contributed by atoms with van der Waals surface area (Å²) in [7, 11) is 1.80. The minimum atomic E-state index is -1.03. The number of aromatic amines is 1. The van der Waals surface area contributed by atoms with E-state index < -0.39 is 11.2 Å². The molecule has 19 aromatic carbocycles. The molecule has 687 valence electrons. The van der Waals surface area contributed by atoms with Gasteiger partial charge in [-0.15, -0.1) is 45.3 Å². The Morgan fingerprint density at radius 2 is 0.614 bits per heavy atom. The van der Waals surface area contributed by atoms with E-state index in [9.17, 15) is 9.50 Å². The zero-order chi connectivity index (χ0) is 95.4. The standard InChI is InChI=1S/C48H30N2S2.C36H31BNO2S2.C18H12BrN.C12H9N.C6H4BrF.2CH3I.CH4/c1-7-22-38-31(15-1)32-16-2-8-23-39(32)49(38)40-24-9-3-17-33(40)34-18-4-10-25-41(34)50(42-26-14-30-46-47(42)37-20-6-12-29-45(37)51-46)43-27-13-21-36-35-19-5-11-28-44(35)52-48(36)43;1-35(2,39)36(3,4)40-37-26-16-7-8-17-27(26)38(28-18-12-22-32-33(28)25-14-6-10-21-31(25)41-32)29-19-11-15-24-23-13-5-9-20-30(23)42-34(24)29;19-15-9-3-6-12-18(15)20-16-10-4-1-7-13(16)14-8-2-5-11-17(14)20;1-3-7-11-9(5-1)10-6-2-4-8-12(10)13-11;7-5-3-1-2-4-6(5)8;2*1-2;/h1-30H;5-22,39H,1-4H3;1-12H;1-8,13H;1-4H;2*1H3;1H4. The number of hydrogen-bond acceptors (Lipinski definition) is 8. The maximum Gasteiger partial charge on any atom is 0.333 e. The van der Waals surface area contributed by atoms with Crippen molar-refractivity contribution in [1.82, 2.24) is 14.1 Å². The third kappa shape index (κ3) is 18.6. The van der Waals surface area contributed by atoms with Gasteiger partial charge in [0.05, 0.1) is 87.0 Å². The van der Waals surface area contributed by atoms with Crippen LogP contribution in [0.15, 0.2) is 446 Å². The molecular weight excluding hydrogens is 2150 g/mol. The summed E-state index contributed by atoms with van der Waals surface area (Å²) in [5, 5.41) is 28.7. The smallest absolute Gasteiger partial charge is 0.333 e. The molecule has 0 saturated carbocycles. The number of alkyl halides is 2. The summed E-state index contributed by atoms with van der Waals surface area (Å²) in [4.78, 5) is 12.3. The molecule has 0 saturated heterocycles. The van der Waals surface area contributed by atoms with Crippen molar-refractivity contribution in [2.24, 2.45) is 0 Å². The van der Waals surface area contributed by atoms with E-state index in [0.29, 0.717) is 4.47 Å². The van der Waals surface area contributed by atoms with Gasteiger partial charge in [0.15, 0.2) is 0 Å². The lowest BCUT2D eigenvalue weighted by Crippen LogP contribution is -2.49. The summed E-state index contributed by atoms with van der Waals surface area (Å²) in [6.07, 6.45) is 0. The van der Waals surface area contributed by atoms with Crippen LogP contribution in [0.5, 0.6) is 0 Å². The maximum absolute atomic E-state index is 12.3. The number of nitrogens with zero attached hydrogens (tertiary/aromatic N) is 4. The van der Waals surface area contributed by atoms with Gasteiger partial charge >= 0.3 is 7.48 Å². The molecule has 0 fully saturated rings. The lowest BCUT2D eigenvalue weighted by molar-refractivity contribution is -0.0893. The van der Waals surface area contributed by atoms with Crippen molar-refractivity contribution in [1.29, 1.82) is 0 Å². The van der Waals surface area contributed by atoms with Crippen LogP contribution in [0.2, 0.25) is 0 Å². The summed E-state index contributed by atoms with van der Waals surface area (Å²) in [5.41, 5.74) is 17.9. The Labute approximate surface area is 874 Å². The molecule has 0 unspecified atom stereocenters. The number of thiophene rings is 4. The van der Waals surface area contributed by atoms with Gasteiger partial charge < -0.3 is 33.7 Å². The van der Waals surface area contributed by atoms with Gasteiger partial charge in [0.2, 0.25) is 0 Å². The van der Waals surface area contributed by atoms with Crippen LogP contribution in [0, 0.1) is 5.82 Å². The highest BCUT2D eigenvalue weighted by molar-refractivity contribution is 14.1. The number of rotatable bonds is 13. The molecule has 0 aliphatic rings. The summed E-state index contributed by atoms with van der Waals surface area (Å²) in [6, 6.07) is 154. The molecule has 0 spiro atoms. The van der Waals surface area contributed by atoms with Crippen molar-refractivity contribution in [3.05, 3.63) is 452 Å². The Bertz CT molecular complexity index is 8820. The third-order valence-electron chi connectivity index (χ3n) is 25.7. The van der Waals surface area contributed by atoms with Crippen molar-refractivity contribution >= 4 is 316 Å². The largest absolute Gasteiger partial charge is 0.427 e. The number of benzene rings is 19. The molecule has 7 aromatic heterocycles. The molecule has 1 radical (unpaired) electrons. The van der Waals surface area contributed by atoms with Gasteiger partial charge in [-0.05, 0) is 214 Å². The van der Waals surface area contributed by atoms with E-state index >= 15 is 0 Å². The molecule has 26 aromatic rings. The number of nitrogens with one attached hydrogen (secondary N) is 1. The lowest BCUT2D eigenvalue weighted by Gasteiger charge is -2.38. The monoisotopic (exact) mass is 2240 g/mol. The summed E-state index contributed by atoms with van der Waals surface area (Å²) in [6.45, 7) is 7.40. The summed E-state index contributed by atoms with van der Waals surface area (Å²) in [5.74, 6) is -0.215. The quantitative estimate of drug-likeness (QED) is 0.0686. The van der Waals surface area contributed by atoms with E-state index in [1.165, 1.54) is 180 Å². The summed E-state index contributed by atoms with van der Waals surface area (Å²) < 4.78 is 35.2. The first-order valence-electron chi connectivity index (χ1n) is 45.7. The lowest BCUT2D eigenvalue weighted by atomic mass is 9.81. The fourth-order valence-electron chi connectivity index (χ4n) is 18.7. The molecule has 0 aliphatic carbocycles. The zero-order valence-electron chi connectivity index (χ0n) is 76.8. The Morgan fingerprint density at radius 1 is 0.300 bits per heavy atom. The van der Waals surface area contributed by atoms with Crippen LogP contribution in [0.3, 0.4) is 0 Å². The molecule has 26 rings (SSSR count). The number of para-hydroxylation sites is 10. The van der Waals surface area contributed by atoms with Gasteiger partial charge in [-0.2, -0.15) is 0 Å². The van der Waals surface area contributed by atoms with Crippen LogP contribution >= 0.6 is 122 Å². The number of aromatic nitrogens is 3. The van der Waals surface area contributed by atoms with Gasteiger partial charge in [-0.1, -0.05) is 350 Å². The molecule has 0 aliphatic heterocycles. The van der Waals surface area contributed by atoms with Crippen molar-refractivity contribution < 1.29 is 14.2 Å². The predicted molar refractivity (Wildman–Crippen MR) is 635 cm³/mol. The van der Waals surface area contributed by atoms with Crippen LogP contribution < -0.4 is 15.3 Å². The minimum Gasteiger partial charge on any atom is -0.427 e. The van der Waals surface area contributed by atoms with E-state index in [1.54, 1.807) is 39.5 Å². The number of H-pyrrole nitrogens is 1. The van der Waals surface area contributed by atoms with Gasteiger partial charge in [-0.3, -0.25) is 0 Å². The fourth-order valence-corrected chi connectivity index (χ4v) is 24.1. The van der Waals surface area contributed by atoms with Crippen molar-refractivity contribution in [3.63, 3.8) is 0 Å². The SMILES string of the molecule is Brc1ccccc1-n1c2ccccc2c2ccccc21.C.CC(C)(O)C(C)(C)O[B]c1ccccc1N(c1cccc2c1sc1ccccc12)c1cccc2sc3ccccc3c12.CI.CI.Fc1ccccc1Br.c1ccc(N(c2cccc3c2sc2ccccc23)c2cccc3sc4ccccc4c23)c(-c2ccccc2-n2c3ccccc3c3ccccc32)c1.c1ccc2c(c1)[nH]c1ccccc12. The number of anilines is 6. The molecule has 0 atom stereocenters. The topological polar surface area (TPSA) is 61.6 Å². The van der Waals surface area contributed by atoms with Crippen LogP contribution in [0.25, 0.3) is 169 Å². The average Bonchev–Trinajstić information content (AvgIpc) is 1.56. The number of aliphatic hydroxyl groups is 1. The average molecular weight is 2250 g/mol. The van der Waals surface area contributed by atoms with E-state index in [0.717, 1.165) is 38.4 Å². The Balaban J connectivity index is 0.000000125. The normalized spacial score (nSPS) is 11.4. The maximum atomic E-state index is 12.3. The van der Waals surface area contributed by atoms with Gasteiger partial charge in [0, 0.05) is 136 Å². The van der Waals surface area contributed by atoms with Crippen LogP contribution in [0.4, 0.5) is 38.5 Å². The Morgan fingerprint density at radius 3 is 1.06 bits per heavy atom. The summed E-state index contributed by atoms with van der Waals surface area (Å²) >= 11 is 18.4. The second kappa shape index (κ2) is 42.4. The van der Waals surface area contributed by atoms with Crippen LogP contribution in [-0.2, 0) is 4.65 Å². The van der Waals surface area contributed by atoms with E-state index in [4.69, 9.17) is 4.65 Å². The second-order valence-corrected chi connectivity index (χ2v) is 40.4. The molecule has 7 heterocycles. The highest BCUT2D eigenvalue weighted by Crippen LogP contribution is 2.54. The third-order valence-corrected chi connectivity index (χ3v) is 31.7. The Hall–Kier alpha value is -12.6. The van der Waals surface area contributed by atoms with Crippen molar-refractivity contribution in [2.45, 2.75) is 46.3 Å². The van der Waals surface area contributed by atoms with E-state index in [1.807, 2.05) is 81.2 Å². The second-order valence-electron chi connectivity index (χ2n) is 34.4. The van der Waals surface area contributed by atoms with E-state index in [-0.39, 0.29) is 13.2 Å². The first-order valence-corrected chi connectivity index (χ1v) is 54.9. The molecule has 140 heavy (non-hydrogen) atoms. The first-order chi connectivity index (χ1) is 68.2. The molecule has 2 N–H and O–H groups in total. The minimum absolute atomic E-state index is 0. The van der Waals surface area contributed by atoms with Gasteiger partial charge in [-0.25, -0.2) is 4.39 Å². The number of halogens is 5. The number of hydrogen-bond donors (Lipinski definition) is 2. The molecule has 0 bridgehead atoms.